The number of amides is 2. The Labute approximate surface area is 161 Å². The maximum absolute atomic E-state index is 13.1. The Morgan fingerprint density at radius 2 is 1.78 bits per heavy atom. The first-order valence-electron chi connectivity index (χ1n) is 8.82. The van der Waals surface area contributed by atoms with Crippen molar-refractivity contribution in [1.29, 1.82) is 0 Å². The Balaban J connectivity index is 1.75. The van der Waals surface area contributed by atoms with Gasteiger partial charge in [-0.15, -0.1) is 0 Å². The molecule has 1 heterocycles. The van der Waals surface area contributed by atoms with Crippen LogP contribution < -0.4 is 5.32 Å². The second kappa shape index (κ2) is 8.21. The summed E-state index contributed by atoms with van der Waals surface area (Å²) in [7, 11) is 0. The molecule has 2 aromatic rings. The average molecular weight is 397 g/mol. The Bertz CT molecular complexity index is 793. The molecule has 0 saturated carbocycles. The summed E-state index contributed by atoms with van der Waals surface area (Å²) in [5.41, 5.74) is 0.0134. The number of hydrogen-bond donors (Lipinski definition) is 1. The number of benzene rings is 2. The second-order valence-electron chi connectivity index (χ2n) is 6.66. The quantitative estimate of drug-likeness (QED) is 0.647. The van der Waals surface area contributed by atoms with Gasteiger partial charge in [0, 0.05) is 24.0 Å². The number of anilines is 1. The van der Waals surface area contributed by atoms with Crippen LogP contribution in [0.5, 0.6) is 0 Å². The third-order valence-corrected chi connectivity index (χ3v) is 5.03. The molecule has 0 spiro atoms. The summed E-state index contributed by atoms with van der Waals surface area (Å²) in [6, 6.07) is 12.0. The lowest BCUT2D eigenvalue weighted by Gasteiger charge is -2.26. The Morgan fingerprint density at radius 3 is 2.48 bits per heavy atom. The monoisotopic (exact) mass is 396 g/mol. The van der Waals surface area contributed by atoms with E-state index in [-0.39, 0.29) is 11.6 Å². The van der Waals surface area contributed by atoms with Crippen molar-refractivity contribution in [2.45, 2.75) is 31.4 Å². The summed E-state index contributed by atoms with van der Waals surface area (Å²) in [5.74, 6) is 0.133. The van der Waals surface area contributed by atoms with Gasteiger partial charge in [0.15, 0.2) is 0 Å². The van der Waals surface area contributed by atoms with Gasteiger partial charge in [-0.1, -0.05) is 42.3 Å². The zero-order chi connectivity index (χ0) is 19.4. The molecule has 1 N–H and O–H groups in total. The standard InChI is InChI=1S/C20H20ClF3N2O/c21-16-10-8-14(9-11-16)15-5-3-4-12-26(13-15)19(27)25-18-7-2-1-6-17(18)20(22,23)24/h1-2,6-11,15H,3-5,12-13H2,(H,25,27). The number of nitrogens with one attached hydrogen (secondary N) is 1. The molecule has 0 bridgehead atoms. The van der Waals surface area contributed by atoms with E-state index >= 15 is 0 Å². The second-order valence-corrected chi connectivity index (χ2v) is 7.10. The number of nitrogens with zero attached hydrogens (tertiary/aromatic N) is 1. The summed E-state index contributed by atoms with van der Waals surface area (Å²) in [5, 5.41) is 3.09. The van der Waals surface area contributed by atoms with E-state index < -0.39 is 17.8 Å². The van der Waals surface area contributed by atoms with Crippen LogP contribution in [0.2, 0.25) is 5.02 Å². The predicted octanol–water partition coefficient (Wildman–Crippen LogP) is 6.16. The molecule has 0 aromatic heterocycles. The van der Waals surface area contributed by atoms with Gasteiger partial charge in [-0.2, -0.15) is 13.2 Å². The van der Waals surface area contributed by atoms with Crippen LogP contribution in [0.1, 0.15) is 36.3 Å². The number of hydrogen-bond acceptors (Lipinski definition) is 1. The van der Waals surface area contributed by atoms with Crippen molar-refractivity contribution in [2.75, 3.05) is 18.4 Å². The van der Waals surface area contributed by atoms with Gasteiger partial charge in [0.05, 0.1) is 11.3 Å². The van der Waals surface area contributed by atoms with E-state index in [1.165, 1.54) is 18.2 Å². The van der Waals surface area contributed by atoms with Crippen molar-refractivity contribution in [3.05, 3.63) is 64.7 Å². The van der Waals surface area contributed by atoms with E-state index in [9.17, 15) is 18.0 Å². The van der Waals surface area contributed by atoms with E-state index in [1.54, 1.807) is 4.90 Å². The molecule has 1 fully saturated rings. The maximum atomic E-state index is 13.1. The molecule has 1 unspecified atom stereocenters. The molecule has 27 heavy (non-hydrogen) atoms. The fraction of sp³-hybridized carbons (Fsp3) is 0.350. The van der Waals surface area contributed by atoms with Gasteiger partial charge in [-0.05, 0) is 42.7 Å². The molecule has 1 aliphatic rings. The summed E-state index contributed by atoms with van der Waals surface area (Å²) >= 11 is 5.94. The van der Waals surface area contributed by atoms with Crippen LogP contribution in [0.4, 0.5) is 23.7 Å². The van der Waals surface area contributed by atoms with Gasteiger partial charge in [-0.25, -0.2) is 4.79 Å². The van der Waals surface area contributed by atoms with Crippen LogP contribution in [-0.4, -0.2) is 24.0 Å². The number of rotatable bonds is 2. The zero-order valence-electron chi connectivity index (χ0n) is 14.6. The van der Waals surface area contributed by atoms with Crippen molar-refractivity contribution in [3.63, 3.8) is 0 Å². The fourth-order valence-corrected chi connectivity index (χ4v) is 3.49. The third kappa shape index (κ3) is 4.95. The molecular formula is C20H20ClF3N2O. The van der Waals surface area contributed by atoms with Crippen molar-refractivity contribution in [2.24, 2.45) is 0 Å². The minimum absolute atomic E-state index is 0.133. The van der Waals surface area contributed by atoms with Gasteiger partial charge in [0.25, 0.3) is 0 Å². The molecule has 1 aliphatic heterocycles. The van der Waals surface area contributed by atoms with Crippen molar-refractivity contribution < 1.29 is 18.0 Å². The molecule has 1 saturated heterocycles. The summed E-state index contributed by atoms with van der Waals surface area (Å²) < 4.78 is 39.4. The molecule has 3 nitrogen and oxygen atoms in total. The largest absolute Gasteiger partial charge is 0.418 e. The summed E-state index contributed by atoms with van der Waals surface area (Å²) in [6.07, 6.45) is -1.83. The SMILES string of the molecule is O=C(Nc1ccccc1C(F)(F)F)N1CCCCC(c2ccc(Cl)cc2)C1. The van der Waals surface area contributed by atoms with Crippen LogP contribution >= 0.6 is 11.6 Å². The number of halogens is 4. The lowest BCUT2D eigenvalue weighted by molar-refractivity contribution is -0.136. The molecule has 2 aromatic carbocycles. The predicted molar refractivity (Wildman–Crippen MR) is 100 cm³/mol. The van der Waals surface area contributed by atoms with Crippen LogP contribution in [0, 0.1) is 0 Å². The molecule has 3 rings (SSSR count). The van der Waals surface area contributed by atoms with Gasteiger partial charge in [-0.3, -0.25) is 0 Å². The smallest absolute Gasteiger partial charge is 0.324 e. The van der Waals surface area contributed by atoms with Crippen LogP contribution in [0.3, 0.4) is 0 Å². The highest BCUT2D eigenvalue weighted by atomic mass is 35.5. The van der Waals surface area contributed by atoms with Gasteiger partial charge in [0.1, 0.15) is 0 Å². The molecule has 144 valence electrons. The van der Waals surface area contributed by atoms with Crippen LogP contribution in [0.25, 0.3) is 0 Å². The van der Waals surface area contributed by atoms with Crippen molar-refractivity contribution in [3.8, 4) is 0 Å². The first kappa shape index (κ1) is 19.5. The number of para-hydroxylation sites is 1. The molecule has 7 heteroatoms. The molecule has 0 aliphatic carbocycles. The average Bonchev–Trinajstić information content (AvgIpc) is 2.88. The molecule has 2 amide bonds. The molecule has 1 atom stereocenters. The highest BCUT2D eigenvalue weighted by Gasteiger charge is 2.34. The minimum atomic E-state index is -4.52. The highest BCUT2D eigenvalue weighted by molar-refractivity contribution is 6.30. The lowest BCUT2D eigenvalue weighted by Crippen LogP contribution is -2.37. The lowest BCUT2D eigenvalue weighted by atomic mass is 9.94. The maximum Gasteiger partial charge on any atom is 0.418 e. The summed E-state index contributed by atoms with van der Waals surface area (Å²) in [6.45, 7) is 0.978. The number of urea groups is 1. The minimum Gasteiger partial charge on any atom is -0.324 e. The Morgan fingerprint density at radius 1 is 1.07 bits per heavy atom. The van der Waals surface area contributed by atoms with Gasteiger partial charge >= 0.3 is 12.2 Å². The fourth-order valence-electron chi connectivity index (χ4n) is 3.37. The van der Waals surface area contributed by atoms with Crippen LogP contribution in [-0.2, 0) is 6.18 Å². The zero-order valence-corrected chi connectivity index (χ0v) is 15.4. The first-order valence-corrected chi connectivity index (χ1v) is 9.20. The van der Waals surface area contributed by atoms with Gasteiger partial charge < -0.3 is 10.2 Å². The molecular weight excluding hydrogens is 377 g/mol. The van der Waals surface area contributed by atoms with E-state index in [0.717, 1.165) is 30.9 Å². The van der Waals surface area contributed by atoms with Crippen molar-refractivity contribution >= 4 is 23.3 Å². The normalized spacial score (nSPS) is 18.1. The van der Waals surface area contributed by atoms with Gasteiger partial charge in [0.2, 0.25) is 0 Å². The van der Waals surface area contributed by atoms with E-state index in [4.69, 9.17) is 11.6 Å². The number of alkyl halides is 3. The number of likely N-dealkylation sites (tertiary alicyclic amines) is 1. The molecule has 0 radical (unpaired) electrons. The van der Waals surface area contributed by atoms with E-state index in [2.05, 4.69) is 5.32 Å². The topological polar surface area (TPSA) is 32.3 Å². The number of carbonyl (C=O) groups is 1. The Kier molecular flexibility index (Phi) is 5.95. The highest BCUT2D eigenvalue weighted by Crippen LogP contribution is 2.35. The van der Waals surface area contributed by atoms with E-state index in [0.29, 0.717) is 18.1 Å². The van der Waals surface area contributed by atoms with Crippen LogP contribution in [0.15, 0.2) is 48.5 Å². The first-order chi connectivity index (χ1) is 12.8. The number of carbonyl (C=O) groups excluding carboxylic acids is 1. The van der Waals surface area contributed by atoms with Crippen molar-refractivity contribution in [1.82, 2.24) is 4.90 Å². The van der Waals surface area contributed by atoms with E-state index in [1.807, 2.05) is 24.3 Å². The summed E-state index contributed by atoms with van der Waals surface area (Å²) in [4.78, 5) is 14.3. The third-order valence-electron chi connectivity index (χ3n) is 4.77. The Hall–Kier alpha value is -2.21.